The number of halogens is 1. The third-order valence-electron chi connectivity index (χ3n) is 2.46. The molecule has 1 aromatic heterocycles. The lowest BCUT2D eigenvalue weighted by Crippen LogP contribution is -2.26. The van der Waals surface area contributed by atoms with Gasteiger partial charge in [-0.3, -0.25) is 5.10 Å². The van der Waals surface area contributed by atoms with Gasteiger partial charge in [-0.2, -0.15) is 5.10 Å². The van der Waals surface area contributed by atoms with Crippen LogP contribution < -0.4 is 4.72 Å². The van der Waals surface area contributed by atoms with Gasteiger partial charge in [0.1, 0.15) is 0 Å². The highest BCUT2D eigenvalue weighted by Gasteiger charge is 2.18. The third-order valence-corrected chi connectivity index (χ3v) is 4.23. The summed E-state index contributed by atoms with van der Waals surface area (Å²) in [6.07, 6.45) is 3.22. The molecule has 2 N–H and O–H groups in total. The molecule has 2 aromatic rings. The number of sulfonamides is 1. The molecule has 0 aliphatic heterocycles. The lowest BCUT2D eigenvalue weighted by atomic mass is 10.2. The molecular weight excluding hydrogens is 274 g/mol. The Bertz CT molecular complexity index is 625. The summed E-state index contributed by atoms with van der Waals surface area (Å²) in [6, 6.07) is 5.76. The number of hydrogen-bond donors (Lipinski definition) is 2. The first-order chi connectivity index (χ1) is 8.49. The predicted molar refractivity (Wildman–Crippen MR) is 68.8 cm³/mol. The van der Waals surface area contributed by atoms with Crippen molar-refractivity contribution in [2.75, 3.05) is 0 Å². The molecule has 0 saturated carbocycles. The molecule has 0 fully saturated rings. The van der Waals surface area contributed by atoms with Crippen LogP contribution in [-0.2, 0) is 10.0 Å². The molecule has 0 saturated heterocycles. The molecule has 96 valence electrons. The fourth-order valence-electron chi connectivity index (χ4n) is 1.50. The lowest BCUT2D eigenvalue weighted by Gasteiger charge is -2.12. The number of aromatic amines is 1. The molecule has 7 heteroatoms. The van der Waals surface area contributed by atoms with Crippen molar-refractivity contribution in [3.63, 3.8) is 0 Å². The van der Waals surface area contributed by atoms with Crippen LogP contribution in [0.25, 0.3) is 0 Å². The van der Waals surface area contributed by atoms with E-state index >= 15 is 0 Å². The van der Waals surface area contributed by atoms with Crippen LogP contribution in [0.4, 0.5) is 0 Å². The van der Waals surface area contributed by atoms with Crippen molar-refractivity contribution < 1.29 is 8.42 Å². The summed E-state index contributed by atoms with van der Waals surface area (Å²) in [4.78, 5) is 0.144. The molecule has 0 spiro atoms. The Kier molecular flexibility index (Phi) is 3.70. The smallest absolute Gasteiger partial charge is 0.241 e. The lowest BCUT2D eigenvalue weighted by molar-refractivity contribution is 0.567. The fourth-order valence-corrected chi connectivity index (χ4v) is 3.03. The SMILES string of the molecule is CC(NS(=O)(=O)c1cccc(Cl)c1)c1cn[nH]c1. The van der Waals surface area contributed by atoms with Gasteiger partial charge in [-0.25, -0.2) is 13.1 Å². The van der Waals surface area contributed by atoms with Crippen molar-refractivity contribution in [3.8, 4) is 0 Å². The Morgan fingerprint density at radius 3 is 2.83 bits per heavy atom. The van der Waals surface area contributed by atoms with E-state index in [0.29, 0.717) is 5.02 Å². The molecule has 1 atom stereocenters. The van der Waals surface area contributed by atoms with E-state index < -0.39 is 10.0 Å². The number of rotatable bonds is 4. The van der Waals surface area contributed by atoms with E-state index in [0.717, 1.165) is 5.56 Å². The molecule has 18 heavy (non-hydrogen) atoms. The Morgan fingerprint density at radius 2 is 2.22 bits per heavy atom. The largest absolute Gasteiger partial charge is 0.285 e. The number of hydrogen-bond acceptors (Lipinski definition) is 3. The zero-order chi connectivity index (χ0) is 13.2. The summed E-state index contributed by atoms with van der Waals surface area (Å²) >= 11 is 5.78. The van der Waals surface area contributed by atoms with Crippen LogP contribution in [0.15, 0.2) is 41.6 Å². The van der Waals surface area contributed by atoms with Gasteiger partial charge in [0.25, 0.3) is 0 Å². The number of aromatic nitrogens is 2. The van der Waals surface area contributed by atoms with Gasteiger partial charge in [0.05, 0.1) is 11.1 Å². The topological polar surface area (TPSA) is 74.8 Å². The number of benzene rings is 1. The van der Waals surface area contributed by atoms with Crippen LogP contribution >= 0.6 is 11.6 Å². The van der Waals surface area contributed by atoms with Crippen molar-refractivity contribution in [1.29, 1.82) is 0 Å². The van der Waals surface area contributed by atoms with Crippen molar-refractivity contribution in [3.05, 3.63) is 47.2 Å². The predicted octanol–water partition coefficient (Wildman–Crippen LogP) is 2.10. The first-order valence-corrected chi connectivity index (χ1v) is 7.12. The van der Waals surface area contributed by atoms with E-state index in [9.17, 15) is 8.42 Å². The van der Waals surface area contributed by atoms with Crippen LogP contribution in [0.5, 0.6) is 0 Å². The highest BCUT2D eigenvalue weighted by molar-refractivity contribution is 7.89. The van der Waals surface area contributed by atoms with Crippen LogP contribution in [0.1, 0.15) is 18.5 Å². The Morgan fingerprint density at radius 1 is 1.44 bits per heavy atom. The average Bonchev–Trinajstić information content (AvgIpc) is 2.82. The number of nitrogens with one attached hydrogen (secondary N) is 2. The second-order valence-electron chi connectivity index (χ2n) is 3.83. The van der Waals surface area contributed by atoms with Gasteiger partial charge in [-0.15, -0.1) is 0 Å². The van der Waals surface area contributed by atoms with Gasteiger partial charge in [0.2, 0.25) is 10.0 Å². The van der Waals surface area contributed by atoms with Gasteiger partial charge in [-0.1, -0.05) is 17.7 Å². The highest BCUT2D eigenvalue weighted by Crippen LogP contribution is 2.18. The fraction of sp³-hybridized carbons (Fsp3) is 0.182. The molecule has 0 radical (unpaired) electrons. The van der Waals surface area contributed by atoms with Crippen LogP contribution in [0, 0.1) is 0 Å². The molecular formula is C11H12ClN3O2S. The van der Waals surface area contributed by atoms with E-state index in [1.54, 1.807) is 31.5 Å². The quantitative estimate of drug-likeness (QED) is 0.903. The maximum Gasteiger partial charge on any atom is 0.241 e. The average molecular weight is 286 g/mol. The zero-order valence-corrected chi connectivity index (χ0v) is 11.2. The van der Waals surface area contributed by atoms with Crippen LogP contribution in [-0.4, -0.2) is 18.6 Å². The minimum atomic E-state index is -3.58. The van der Waals surface area contributed by atoms with Crippen molar-refractivity contribution >= 4 is 21.6 Å². The molecule has 2 rings (SSSR count). The maximum absolute atomic E-state index is 12.1. The summed E-state index contributed by atoms with van der Waals surface area (Å²) < 4.78 is 26.7. The monoisotopic (exact) mass is 285 g/mol. The van der Waals surface area contributed by atoms with Crippen molar-refractivity contribution in [2.24, 2.45) is 0 Å². The molecule has 1 heterocycles. The summed E-state index contributed by atoms with van der Waals surface area (Å²) in [6.45, 7) is 1.74. The molecule has 1 aromatic carbocycles. The van der Waals surface area contributed by atoms with Gasteiger partial charge in [0.15, 0.2) is 0 Å². The molecule has 5 nitrogen and oxygen atoms in total. The minimum Gasteiger partial charge on any atom is -0.285 e. The summed E-state index contributed by atoms with van der Waals surface area (Å²) in [5, 5.41) is 6.80. The number of H-pyrrole nitrogens is 1. The normalized spacial score (nSPS) is 13.4. The summed E-state index contributed by atoms with van der Waals surface area (Å²) in [7, 11) is -3.58. The van der Waals surface area contributed by atoms with Crippen molar-refractivity contribution in [2.45, 2.75) is 17.9 Å². The summed E-state index contributed by atoms with van der Waals surface area (Å²) in [5.74, 6) is 0. The van der Waals surface area contributed by atoms with E-state index in [-0.39, 0.29) is 10.9 Å². The first kappa shape index (κ1) is 13.1. The van der Waals surface area contributed by atoms with E-state index in [2.05, 4.69) is 14.9 Å². The third kappa shape index (κ3) is 2.90. The summed E-state index contributed by atoms with van der Waals surface area (Å²) in [5.41, 5.74) is 0.764. The van der Waals surface area contributed by atoms with Crippen LogP contribution in [0.2, 0.25) is 5.02 Å². The van der Waals surface area contributed by atoms with Crippen molar-refractivity contribution in [1.82, 2.24) is 14.9 Å². The molecule has 0 aliphatic carbocycles. The Balaban J connectivity index is 2.22. The molecule has 1 unspecified atom stereocenters. The highest BCUT2D eigenvalue weighted by atomic mass is 35.5. The molecule has 0 aliphatic rings. The minimum absolute atomic E-state index is 0.144. The zero-order valence-electron chi connectivity index (χ0n) is 9.59. The van der Waals surface area contributed by atoms with Gasteiger partial charge < -0.3 is 0 Å². The van der Waals surface area contributed by atoms with E-state index in [1.165, 1.54) is 12.1 Å². The number of nitrogens with zero attached hydrogens (tertiary/aromatic N) is 1. The van der Waals surface area contributed by atoms with E-state index in [1.807, 2.05) is 0 Å². The molecule has 0 bridgehead atoms. The van der Waals surface area contributed by atoms with E-state index in [4.69, 9.17) is 11.6 Å². The van der Waals surface area contributed by atoms with Crippen LogP contribution in [0.3, 0.4) is 0 Å². The first-order valence-electron chi connectivity index (χ1n) is 5.25. The Hall–Kier alpha value is -1.37. The van der Waals surface area contributed by atoms with Gasteiger partial charge >= 0.3 is 0 Å². The van der Waals surface area contributed by atoms with Gasteiger partial charge in [-0.05, 0) is 25.1 Å². The second-order valence-corrected chi connectivity index (χ2v) is 5.98. The Labute approximate surface area is 110 Å². The standard InChI is InChI=1S/C11H12ClN3O2S/c1-8(9-6-13-14-7-9)15-18(16,17)11-4-2-3-10(12)5-11/h2-8,15H,1H3,(H,13,14). The maximum atomic E-state index is 12.1. The second kappa shape index (κ2) is 5.09. The van der Waals surface area contributed by atoms with Gasteiger partial charge in [0, 0.05) is 22.8 Å². The molecule has 0 amide bonds.